The number of nitrogens with one attached hydrogen (secondary N) is 1. The fourth-order valence-corrected chi connectivity index (χ4v) is 2.34. The van der Waals surface area contributed by atoms with Gasteiger partial charge in [0, 0.05) is 12.1 Å². The van der Waals surface area contributed by atoms with Crippen molar-refractivity contribution >= 4 is 23.4 Å². The Hall–Kier alpha value is -3.46. The van der Waals surface area contributed by atoms with Gasteiger partial charge < -0.3 is 5.32 Å². The monoisotopic (exact) mass is 349 g/mol. The SMILES string of the molecule is Cc1ccc([N+](=O)[O-])cc1NC(=O)/C(C#N)=C/c1ccc(C(C)C)cc1. The van der Waals surface area contributed by atoms with Crippen molar-refractivity contribution in [2.75, 3.05) is 5.32 Å². The minimum atomic E-state index is -0.607. The van der Waals surface area contributed by atoms with Gasteiger partial charge in [-0.3, -0.25) is 14.9 Å². The van der Waals surface area contributed by atoms with Crippen LogP contribution in [0.15, 0.2) is 48.0 Å². The number of carbonyl (C=O) groups excluding carboxylic acids is 1. The fraction of sp³-hybridized carbons (Fsp3) is 0.200. The number of benzene rings is 2. The molecule has 6 nitrogen and oxygen atoms in total. The third-order valence-electron chi connectivity index (χ3n) is 3.96. The maximum atomic E-state index is 12.4. The van der Waals surface area contributed by atoms with Gasteiger partial charge in [-0.15, -0.1) is 0 Å². The zero-order valence-corrected chi connectivity index (χ0v) is 14.8. The molecule has 1 N–H and O–H groups in total. The highest BCUT2D eigenvalue weighted by Gasteiger charge is 2.14. The van der Waals surface area contributed by atoms with Gasteiger partial charge in [0.2, 0.25) is 0 Å². The van der Waals surface area contributed by atoms with E-state index in [9.17, 15) is 20.2 Å². The molecule has 0 saturated heterocycles. The van der Waals surface area contributed by atoms with E-state index in [1.807, 2.05) is 30.3 Å². The summed E-state index contributed by atoms with van der Waals surface area (Å²) in [5.74, 6) is -0.215. The van der Waals surface area contributed by atoms with Crippen molar-refractivity contribution in [2.45, 2.75) is 26.7 Å². The van der Waals surface area contributed by atoms with Crippen LogP contribution in [0.25, 0.3) is 6.08 Å². The standard InChI is InChI=1S/C20H19N3O3/c1-13(2)16-7-5-15(6-8-16)10-17(12-21)20(24)22-19-11-18(23(25)26)9-4-14(19)3/h4-11,13H,1-3H3,(H,22,24)/b17-10+. The van der Waals surface area contributed by atoms with Crippen molar-refractivity contribution < 1.29 is 9.72 Å². The Morgan fingerprint density at radius 1 is 1.23 bits per heavy atom. The summed E-state index contributed by atoms with van der Waals surface area (Å²) in [4.78, 5) is 22.7. The third kappa shape index (κ3) is 4.54. The van der Waals surface area contributed by atoms with Crippen LogP contribution >= 0.6 is 0 Å². The Labute approximate surface area is 151 Å². The molecular weight excluding hydrogens is 330 g/mol. The largest absolute Gasteiger partial charge is 0.321 e. The van der Waals surface area contributed by atoms with Gasteiger partial charge in [0.15, 0.2) is 0 Å². The lowest BCUT2D eigenvalue weighted by Gasteiger charge is -2.08. The summed E-state index contributed by atoms with van der Waals surface area (Å²) in [6.07, 6.45) is 1.49. The first-order valence-electron chi connectivity index (χ1n) is 8.10. The zero-order chi connectivity index (χ0) is 19.3. The lowest BCUT2D eigenvalue weighted by Crippen LogP contribution is -2.14. The van der Waals surface area contributed by atoms with Crippen LogP contribution in [-0.4, -0.2) is 10.8 Å². The third-order valence-corrected chi connectivity index (χ3v) is 3.96. The number of anilines is 1. The average Bonchev–Trinajstić information content (AvgIpc) is 2.61. The van der Waals surface area contributed by atoms with Crippen LogP contribution in [0.5, 0.6) is 0 Å². The minimum Gasteiger partial charge on any atom is -0.321 e. The van der Waals surface area contributed by atoms with Crippen molar-refractivity contribution in [3.8, 4) is 6.07 Å². The van der Waals surface area contributed by atoms with Crippen molar-refractivity contribution in [2.24, 2.45) is 0 Å². The molecule has 0 unspecified atom stereocenters. The van der Waals surface area contributed by atoms with Crippen molar-refractivity contribution in [1.82, 2.24) is 0 Å². The van der Waals surface area contributed by atoms with E-state index in [1.54, 1.807) is 13.0 Å². The molecule has 0 bridgehead atoms. The number of carbonyl (C=O) groups is 1. The van der Waals surface area contributed by atoms with Crippen LogP contribution in [0.3, 0.4) is 0 Å². The number of nitrogens with zero attached hydrogens (tertiary/aromatic N) is 2. The first-order valence-corrected chi connectivity index (χ1v) is 8.10. The lowest BCUT2D eigenvalue weighted by atomic mass is 10.0. The first kappa shape index (κ1) is 18.9. The molecular formula is C20H19N3O3. The number of aryl methyl sites for hydroxylation is 1. The number of amides is 1. The first-order chi connectivity index (χ1) is 12.3. The molecule has 0 aromatic heterocycles. The van der Waals surface area contributed by atoms with Crippen molar-refractivity contribution in [1.29, 1.82) is 5.26 Å². The van der Waals surface area contributed by atoms with Crippen molar-refractivity contribution in [3.05, 3.63) is 74.8 Å². The Kier molecular flexibility index (Phi) is 5.86. The number of nitro benzene ring substituents is 1. The second-order valence-electron chi connectivity index (χ2n) is 6.20. The molecule has 132 valence electrons. The van der Waals surface area contributed by atoms with Gasteiger partial charge in [-0.2, -0.15) is 5.26 Å². The maximum absolute atomic E-state index is 12.4. The highest BCUT2D eigenvalue weighted by Crippen LogP contribution is 2.23. The number of rotatable bonds is 5. The van der Waals surface area contributed by atoms with Crippen molar-refractivity contribution in [3.63, 3.8) is 0 Å². The average molecular weight is 349 g/mol. The molecule has 0 spiro atoms. The summed E-state index contributed by atoms with van der Waals surface area (Å²) in [5, 5.41) is 22.8. The summed E-state index contributed by atoms with van der Waals surface area (Å²) in [5.41, 5.74) is 2.67. The minimum absolute atomic E-state index is 0.0757. The van der Waals surface area contributed by atoms with Crippen LogP contribution < -0.4 is 5.32 Å². The normalized spacial score (nSPS) is 11.1. The predicted molar refractivity (Wildman–Crippen MR) is 101 cm³/mol. The predicted octanol–water partition coefficient (Wildman–Crippen LogP) is 4.57. The van der Waals surface area contributed by atoms with Gasteiger partial charge in [-0.1, -0.05) is 44.2 Å². The second kappa shape index (κ2) is 8.08. The summed E-state index contributed by atoms with van der Waals surface area (Å²) in [6, 6.07) is 13.7. The number of non-ortho nitro benzene ring substituents is 1. The van der Waals surface area contributed by atoms with Crippen LogP contribution in [0.1, 0.15) is 36.5 Å². The second-order valence-corrected chi connectivity index (χ2v) is 6.20. The molecule has 0 atom stereocenters. The molecule has 0 saturated carbocycles. The molecule has 2 aromatic rings. The quantitative estimate of drug-likeness (QED) is 0.370. The summed E-state index contributed by atoms with van der Waals surface area (Å²) in [7, 11) is 0. The van der Waals surface area contributed by atoms with E-state index < -0.39 is 10.8 Å². The van der Waals surface area contributed by atoms with Gasteiger partial charge in [0.25, 0.3) is 11.6 Å². The van der Waals surface area contributed by atoms with E-state index in [0.717, 1.165) is 11.1 Å². The number of hydrogen-bond donors (Lipinski definition) is 1. The van der Waals surface area contributed by atoms with Gasteiger partial charge in [0.1, 0.15) is 11.6 Å². The molecule has 2 rings (SSSR count). The van der Waals surface area contributed by atoms with E-state index in [0.29, 0.717) is 17.2 Å². The van der Waals surface area contributed by atoms with Crippen LogP contribution in [0, 0.1) is 28.4 Å². The maximum Gasteiger partial charge on any atom is 0.271 e. The van der Waals surface area contributed by atoms with E-state index >= 15 is 0 Å². The molecule has 0 aliphatic rings. The number of nitriles is 1. The Morgan fingerprint density at radius 2 is 1.88 bits per heavy atom. The van der Waals surface area contributed by atoms with E-state index in [2.05, 4.69) is 19.2 Å². The molecule has 0 radical (unpaired) electrons. The smallest absolute Gasteiger partial charge is 0.271 e. The van der Waals surface area contributed by atoms with E-state index in [1.165, 1.54) is 18.2 Å². The molecule has 0 fully saturated rings. The molecule has 1 amide bonds. The molecule has 26 heavy (non-hydrogen) atoms. The fourth-order valence-electron chi connectivity index (χ4n) is 2.34. The van der Waals surface area contributed by atoms with Gasteiger partial charge in [-0.05, 0) is 35.6 Å². The lowest BCUT2D eigenvalue weighted by molar-refractivity contribution is -0.384. The molecule has 0 heterocycles. The van der Waals surface area contributed by atoms with E-state index in [-0.39, 0.29) is 11.3 Å². The van der Waals surface area contributed by atoms with Gasteiger partial charge >= 0.3 is 0 Å². The highest BCUT2D eigenvalue weighted by atomic mass is 16.6. The molecule has 6 heteroatoms. The van der Waals surface area contributed by atoms with Gasteiger partial charge in [0.05, 0.1) is 10.6 Å². The topological polar surface area (TPSA) is 96.0 Å². The van der Waals surface area contributed by atoms with Crippen LogP contribution in [0.2, 0.25) is 0 Å². The van der Waals surface area contributed by atoms with Crippen LogP contribution in [-0.2, 0) is 4.79 Å². The summed E-state index contributed by atoms with van der Waals surface area (Å²) < 4.78 is 0. The van der Waals surface area contributed by atoms with E-state index in [4.69, 9.17) is 0 Å². The highest BCUT2D eigenvalue weighted by molar-refractivity contribution is 6.10. The molecule has 2 aromatic carbocycles. The zero-order valence-electron chi connectivity index (χ0n) is 14.8. The molecule has 0 aliphatic heterocycles. The summed E-state index contributed by atoms with van der Waals surface area (Å²) in [6.45, 7) is 5.89. The molecule has 0 aliphatic carbocycles. The Balaban J connectivity index is 2.25. The summed E-state index contributed by atoms with van der Waals surface area (Å²) >= 11 is 0. The Bertz CT molecular complexity index is 907. The number of hydrogen-bond acceptors (Lipinski definition) is 4. The van der Waals surface area contributed by atoms with Gasteiger partial charge in [-0.25, -0.2) is 0 Å². The van der Waals surface area contributed by atoms with Crippen LogP contribution in [0.4, 0.5) is 11.4 Å². The number of nitro groups is 1. The Morgan fingerprint density at radius 3 is 2.42 bits per heavy atom.